The molecular weight excluding hydrogens is 172 g/mol. The first-order valence-electron chi connectivity index (χ1n) is 5.87. The molecule has 1 aromatic heterocycles. The van der Waals surface area contributed by atoms with Crippen molar-refractivity contribution in [3.05, 3.63) is 23.7 Å². The summed E-state index contributed by atoms with van der Waals surface area (Å²) in [6.45, 7) is 4.38. The molecule has 0 aliphatic heterocycles. The van der Waals surface area contributed by atoms with Crippen molar-refractivity contribution in [2.45, 2.75) is 58.8 Å². The Morgan fingerprint density at radius 1 is 1.07 bits per heavy atom. The van der Waals surface area contributed by atoms with Gasteiger partial charge in [-0.25, -0.2) is 0 Å². The Balaban J connectivity index is 2.02. The average Bonchev–Trinajstić information content (AvgIpc) is 2.58. The molecule has 0 N–H and O–H groups in total. The van der Waals surface area contributed by atoms with Crippen LogP contribution in [0.2, 0.25) is 0 Å². The predicted octanol–water partition coefficient (Wildman–Crippen LogP) is 4.49. The Hall–Kier alpha value is -0.720. The second kappa shape index (κ2) is 6.69. The van der Waals surface area contributed by atoms with Gasteiger partial charge >= 0.3 is 0 Å². The fourth-order valence-corrected chi connectivity index (χ4v) is 1.73. The van der Waals surface area contributed by atoms with E-state index >= 15 is 0 Å². The summed E-state index contributed by atoms with van der Waals surface area (Å²) in [5, 5.41) is 0. The van der Waals surface area contributed by atoms with Crippen molar-refractivity contribution in [2.75, 3.05) is 0 Å². The Kier molecular flexibility index (Phi) is 5.43. The summed E-state index contributed by atoms with van der Waals surface area (Å²) < 4.78 is 5.39. The van der Waals surface area contributed by atoms with Gasteiger partial charge in [0.25, 0.3) is 0 Å². The molecule has 0 saturated heterocycles. The lowest BCUT2D eigenvalue weighted by molar-refractivity contribution is 0.489. The molecule has 0 aliphatic carbocycles. The maximum Gasteiger partial charge on any atom is 0.106 e. The molecule has 1 aromatic rings. The molecule has 0 unspecified atom stereocenters. The van der Waals surface area contributed by atoms with E-state index in [0.717, 1.165) is 6.42 Å². The molecule has 80 valence electrons. The molecule has 0 radical (unpaired) electrons. The number of aryl methyl sites for hydroxylation is 2. The van der Waals surface area contributed by atoms with Crippen molar-refractivity contribution in [3.63, 3.8) is 0 Å². The minimum Gasteiger partial charge on any atom is -0.469 e. The van der Waals surface area contributed by atoms with Crippen LogP contribution in [-0.4, -0.2) is 0 Å². The Labute approximate surface area is 87.5 Å². The molecule has 0 aliphatic rings. The molecule has 0 fully saturated rings. The van der Waals surface area contributed by atoms with Crippen LogP contribution in [0.1, 0.15) is 56.8 Å². The molecule has 0 spiro atoms. The highest BCUT2D eigenvalue weighted by Crippen LogP contribution is 2.13. The molecule has 1 heteroatoms. The second-order valence-corrected chi connectivity index (χ2v) is 4.04. The van der Waals surface area contributed by atoms with Gasteiger partial charge in [-0.05, 0) is 25.0 Å². The van der Waals surface area contributed by atoms with E-state index < -0.39 is 0 Å². The second-order valence-electron chi connectivity index (χ2n) is 4.04. The third kappa shape index (κ3) is 3.99. The van der Waals surface area contributed by atoms with E-state index in [1.54, 1.807) is 6.26 Å². The van der Waals surface area contributed by atoms with Crippen LogP contribution in [0.3, 0.4) is 0 Å². The van der Waals surface area contributed by atoms with E-state index in [0.29, 0.717) is 0 Å². The van der Waals surface area contributed by atoms with Crippen molar-refractivity contribution in [1.82, 2.24) is 0 Å². The minimum atomic E-state index is 1.12. The lowest BCUT2D eigenvalue weighted by atomic mass is 10.1. The van der Waals surface area contributed by atoms with Crippen LogP contribution in [-0.2, 0) is 6.42 Å². The molecule has 14 heavy (non-hydrogen) atoms. The van der Waals surface area contributed by atoms with E-state index in [2.05, 4.69) is 13.8 Å². The maximum atomic E-state index is 5.39. The van der Waals surface area contributed by atoms with Crippen LogP contribution in [0.15, 0.2) is 16.7 Å². The fourth-order valence-electron chi connectivity index (χ4n) is 1.73. The van der Waals surface area contributed by atoms with Gasteiger partial charge in [-0.15, -0.1) is 0 Å². The number of rotatable bonds is 7. The maximum absolute atomic E-state index is 5.39. The third-order valence-electron chi connectivity index (χ3n) is 2.73. The van der Waals surface area contributed by atoms with Crippen molar-refractivity contribution >= 4 is 0 Å². The van der Waals surface area contributed by atoms with Crippen LogP contribution in [0.5, 0.6) is 0 Å². The summed E-state index contributed by atoms with van der Waals surface area (Å²) in [5.74, 6) is 1.18. The lowest BCUT2D eigenvalue weighted by Crippen LogP contribution is -1.86. The van der Waals surface area contributed by atoms with E-state index in [1.807, 2.05) is 6.07 Å². The van der Waals surface area contributed by atoms with Crippen LogP contribution in [0.25, 0.3) is 0 Å². The minimum absolute atomic E-state index is 1.12. The van der Waals surface area contributed by atoms with E-state index in [-0.39, 0.29) is 0 Å². The molecule has 0 aromatic carbocycles. The normalized spacial score (nSPS) is 10.7. The zero-order chi connectivity index (χ0) is 10.2. The van der Waals surface area contributed by atoms with E-state index in [4.69, 9.17) is 4.42 Å². The SMILES string of the molecule is CCCCCCCCc1occc1C. The van der Waals surface area contributed by atoms with Crippen molar-refractivity contribution in [2.24, 2.45) is 0 Å². The largest absolute Gasteiger partial charge is 0.469 e. The Morgan fingerprint density at radius 2 is 1.79 bits per heavy atom. The predicted molar refractivity (Wildman–Crippen MR) is 60.5 cm³/mol. The zero-order valence-corrected chi connectivity index (χ0v) is 9.51. The molecule has 1 rings (SSSR count). The number of hydrogen-bond acceptors (Lipinski definition) is 1. The highest BCUT2D eigenvalue weighted by atomic mass is 16.3. The smallest absolute Gasteiger partial charge is 0.106 e. The zero-order valence-electron chi connectivity index (χ0n) is 9.51. The Morgan fingerprint density at radius 3 is 2.43 bits per heavy atom. The first-order valence-corrected chi connectivity index (χ1v) is 5.87. The van der Waals surface area contributed by atoms with Gasteiger partial charge in [0.05, 0.1) is 6.26 Å². The van der Waals surface area contributed by atoms with Crippen molar-refractivity contribution in [1.29, 1.82) is 0 Å². The van der Waals surface area contributed by atoms with Crippen molar-refractivity contribution in [3.8, 4) is 0 Å². The third-order valence-corrected chi connectivity index (χ3v) is 2.73. The number of furan rings is 1. The quantitative estimate of drug-likeness (QED) is 0.583. The summed E-state index contributed by atoms with van der Waals surface area (Å²) >= 11 is 0. The number of hydrogen-bond donors (Lipinski definition) is 0. The standard InChI is InChI=1S/C13H22O/c1-3-4-5-6-7-8-9-13-12(2)10-11-14-13/h10-11H,3-9H2,1-2H3. The Bertz CT molecular complexity index is 237. The summed E-state index contributed by atoms with van der Waals surface area (Å²) in [4.78, 5) is 0. The van der Waals surface area contributed by atoms with Gasteiger partial charge < -0.3 is 4.42 Å². The van der Waals surface area contributed by atoms with Gasteiger partial charge in [0.15, 0.2) is 0 Å². The molecule has 1 heterocycles. The molecule has 0 bridgehead atoms. The van der Waals surface area contributed by atoms with E-state index in [1.165, 1.54) is 49.8 Å². The van der Waals surface area contributed by atoms with Gasteiger partial charge in [0.1, 0.15) is 5.76 Å². The van der Waals surface area contributed by atoms with Crippen LogP contribution < -0.4 is 0 Å². The van der Waals surface area contributed by atoms with Gasteiger partial charge in [-0.2, -0.15) is 0 Å². The van der Waals surface area contributed by atoms with Crippen LogP contribution >= 0.6 is 0 Å². The van der Waals surface area contributed by atoms with Crippen LogP contribution in [0, 0.1) is 6.92 Å². The molecule has 0 atom stereocenters. The summed E-state index contributed by atoms with van der Waals surface area (Å²) in [6.07, 6.45) is 11.0. The van der Waals surface area contributed by atoms with Gasteiger partial charge in [0, 0.05) is 6.42 Å². The summed E-state index contributed by atoms with van der Waals surface area (Å²) in [6, 6.07) is 2.05. The van der Waals surface area contributed by atoms with Crippen molar-refractivity contribution < 1.29 is 4.42 Å². The summed E-state index contributed by atoms with van der Waals surface area (Å²) in [5.41, 5.74) is 1.30. The number of unbranched alkanes of at least 4 members (excludes halogenated alkanes) is 5. The molecular formula is C13H22O. The van der Waals surface area contributed by atoms with Gasteiger partial charge in [0.2, 0.25) is 0 Å². The molecule has 0 amide bonds. The highest BCUT2D eigenvalue weighted by Gasteiger charge is 2.00. The first-order chi connectivity index (χ1) is 6.84. The lowest BCUT2D eigenvalue weighted by Gasteiger charge is -2.00. The fraction of sp³-hybridized carbons (Fsp3) is 0.692. The monoisotopic (exact) mass is 194 g/mol. The summed E-state index contributed by atoms with van der Waals surface area (Å²) in [7, 11) is 0. The van der Waals surface area contributed by atoms with E-state index in [9.17, 15) is 0 Å². The average molecular weight is 194 g/mol. The van der Waals surface area contributed by atoms with Gasteiger partial charge in [-0.1, -0.05) is 39.0 Å². The molecule has 1 nitrogen and oxygen atoms in total. The topological polar surface area (TPSA) is 13.1 Å². The van der Waals surface area contributed by atoms with Gasteiger partial charge in [-0.3, -0.25) is 0 Å². The molecule has 0 saturated carbocycles. The highest BCUT2D eigenvalue weighted by molar-refractivity contribution is 5.14. The first kappa shape index (κ1) is 11.4. The van der Waals surface area contributed by atoms with Crippen LogP contribution in [0.4, 0.5) is 0 Å².